The monoisotopic (exact) mass is 534 g/mol. The molecule has 7 nitrogen and oxygen atoms in total. The SMILES string of the molecule is COc1c(CC(Cl)B2O[C@@H]3C[C@@H]4C[C@@H](C4(C)C)[C@]3(C)O2)ccc(C2OCCCO2)c1C(=O)OC(C)(C)C. The molecule has 1 unspecified atom stereocenters. The van der Waals surface area contributed by atoms with E-state index in [1.54, 1.807) is 7.11 Å². The van der Waals surface area contributed by atoms with Crippen LogP contribution in [0.2, 0.25) is 0 Å². The maximum Gasteiger partial charge on any atom is 0.477 e. The molecule has 3 saturated carbocycles. The Morgan fingerprint density at radius 1 is 1.19 bits per heavy atom. The lowest BCUT2D eigenvalue weighted by atomic mass is 9.43. The third kappa shape index (κ3) is 4.82. The third-order valence-electron chi connectivity index (χ3n) is 8.84. The molecule has 37 heavy (non-hydrogen) atoms. The summed E-state index contributed by atoms with van der Waals surface area (Å²) < 4.78 is 36.2. The van der Waals surface area contributed by atoms with Crippen molar-refractivity contribution in [1.82, 2.24) is 0 Å². The van der Waals surface area contributed by atoms with Crippen molar-refractivity contribution in [3.8, 4) is 5.75 Å². The molecule has 2 aliphatic heterocycles. The van der Waals surface area contributed by atoms with E-state index in [2.05, 4.69) is 20.8 Å². The first kappa shape index (κ1) is 27.3. The van der Waals surface area contributed by atoms with Gasteiger partial charge in [0.05, 0.1) is 37.3 Å². The van der Waals surface area contributed by atoms with Crippen molar-refractivity contribution in [3.05, 3.63) is 28.8 Å². The molecule has 0 aromatic heterocycles. The Hall–Kier alpha value is -1.32. The van der Waals surface area contributed by atoms with Gasteiger partial charge in [0.2, 0.25) is 0 Å². The summed E-state index contributed by atoms with van der Waals surface area (Å²) >= 11 is 6.97. The van der Waals surface area contributed by atoms with E-state index in [4.69, 9.17) is 39.9 Å². The predicted octanol–water partition coefficient (Wildman–Crippen LogP) is 5.50. The van der Waals surface area contributed by atoms with E-state index in [-0.39, 0.29) is 17.1 Å². The quantitative estimate of drug-likeness (QED) is 0.271. The first-order valence-electron chi connectivity index (χ1n) is 13.5. The van der Waals surface area contributed by atoms with E-state index >= 15 is 0 Å². The molecule has 2 heterocycles. The number of benzene rings is 1. The maximum atomic E-state index is 13.4. The number of hydrogen-bond acceptors (Lipinski definition) is 7. The largest absolute Gasteiger partial charge is 0.496 e. The normalized spacial score (nSPS) is 31.9. The van der Waals surface area contributed by atoms with Crippen LogP contribution >= 0.6 is 11.6 Å². The first-order valence-corrected chi connectivity index (χ1v) is 13.9. The standard InChI is InChI=1S/C28H40BClO7/c1-26(2,3)35-24(31)22-18(25-33-11-8-12-34-25)10-9-16(23(22)32-7)13-21(30)29-36-20-15-17-14-19(27(17,4)5)28(20,6)37-29/h9-10,17,19-21,25H,8,11-15H2,1-7H3/t17-,19-,20+,21?,28-/m0/s1. The average Bonchev–Trinajstić information content (AvgIpc) is 3.20. The van der Waals surface area contributed by atoms with Crippen molar-refractivity contribution < 1.29 is 33.1 Å². The van der Waals surface area contributed by atoms with E-state index in [1.807, 2.05) is 32.9 Å². The minimum absolute atomic E-state index is 0.0534. The number of ether oxygens (including phenoxy) is 4. The summed E-state index contributed by atoms with van der Waals surface area (Å²) in [6.07, 6.45) is 2.79. The molecule has 5 atom stereocenters. The highest BCUT2D eigenvalue weighted by atomic mass is 35.5. The second kappa shape index (κ2) is 9.70. The fourth-order valence-corrected chi connectivity index (χ4v) is 7.07. The number of methoxy groups -OCH3 is 1. The second-order valence-electron chi connectivity index (χ2n) is 12.7. The molecule has 0 N–H and O–H groups in total. The Bertz CT molecular complexity index is 1030. The summed E-state index contributed by atoms with van der Waals surface area (Å²) in [7, 11) is 1.02. The van der Waals surface area contributed by atoms with Crippen molar-refractivity contribution in [2.45, 2.75) is 96.1 Å². The van der Waals surface area contributed by atoms with Gasteiger partial charge in [0, 0.05) is 5.56 Å². The summed E-state index contributed by atoms with van der Waals surface area (Å²) in [5.41, 5.74) is 0.929. The molecule has 5 fully saturated rings. The third-order valence-corrected chi connectivity index (χ3v) is 9.20. The second-order valence-corrected chi connectivity index (χ2v) is 13.3. The number of alkyl halides is 1. The Morgan fingerprint density at radius 2 is 1.89 bits per heavy atom. The van der Waals surface area contributed by atoms with E-state index in [0.717, 1.165) is 18.4 Å². The molecule has 0 spiro atoms. The number of rotatable bonds is 6. The molecule has 204 valence electrons. The molecular formula is C28H40BClO7. The molecular weight excluding hydrogens is 495 g/mol. The number of carbonyl (C=O) groups excluding carboxylic acids is 1. The molecule has 6 rings (SSSR count). The highest BCUT2D eigenvalue weighted by Crippen LogP contribution is 2.65. The van der Waals surface area contributed by atoms with Gasteiger partial charge in [-0.2, -0.15) is 0 Å². The minimum atomic E-state index is -0.676. The number of hydrogen-bond donors (Lipinski definition) is 0. The van der Waals surface area contributed by atoms with Crippen LogP contribution in [0, 0.1) is 17.3 Å². The van der Waals surface area contributed by atoms with E-state index in [1.165, 1.54) is 6.42 Å². The molecule has 5 aliphatic rings. The van der Waals surface area contributed by atoms with Crippen molar-refractivity contribution >= 4 is 24.7 Å². The lowest BCUT2D eigenvalue weighted by Gasteiger charge is -2.64. The number of esters is 1. The van der Waals surface area contributed by atoms with Crippen LogP contribution in [-0.4, -0.2) is 56.0 Å². The van der Waals surface area contributed by atoms with Gasteiger partial charge in [-0.15, -0.1) is 11.6 Å². The van der Waals surface area contributed by atoms with Gasteiger partial charge in [0.25, 0.3) is 0 Å². The summed E-state index contributed by atoms with van der Waals surface area (Å²) in [6, 6.07) is 3.77. The highest BCUT2D eigenvalue weighted by molar-refractivity contribution is 6.60. The predicted molar refractivity (Wildman–Crippen MR) is 141 cm³/mol. The Kier molecular flexibility index (Phi) is 7.15. The van der Waals surface area contributed by atoms with Crippen LogP contribution in [0.1, 0.15) is 88.6 Å². The summed E-state index contributed by atoms with van der Waals surface area (Å²) in [5, 5.41) is -0.462. The van der Waals surface area contributed by atoms with E-state index in [0.29, 0.717) is 48.3 Å². The highest BCUT2D eigenvalue weighted by Gasteiger charge is 2.68. The van der Waals surface area contributed by atoms with Crippen LogP contribution in [0.3, 0.4) is 0 Å². The molecule has 1 aromatic rings. The fourth-order valence-electron chi connectivity index (χ4n) is 6.80. The zero-order chi connectivity index (χ0) is 26.8. The lowest BCUT2D eigenvalue weighted by molar-refractivity contribution is -0.199. The van der Waals surface area contributed by atoms with Crippen LogP contribution in [-0.2, 0) is 29.9 Å². The smallest absolute Gasteiger partial charge is 0.477 e. The van der Waals surface area contributed by atoms with Gasteiger partial charge in [0.15, 0.2) is 6.29 Å². The number of halogens is 1. The first-order chi connectivity index (χ1) is 17.3. The topological polar surface area (TPSA) is 72.5 Å². The molecule has 3 aliphatic carbocycles. The van der Waals surface area contributed by atoms with Gasteiger partial charge < -0.3 is 28.3 Å². The van der Waals surface area contributed by atoms with Gasteiger partial charge >= 0.3 is 13.1 Å². The molecule has 2 bridgehead atoms. The van der Waals surface area contributed by atoms with Crippen LogP contribution in [0.15, 0.2) is 12.1 Å². The molecule has 0 radical (unpaired) electrons. The maximum absolute atomic E-state index is 13.4. The van der Waals surface area contributed by atoms with Gasteiger partial charge in [-0.05, 0) is 76.2 Å². The van der Waals surface area contributed by atoms with Crippen molar-refractivity contribution in [3.63, 3.8) is 0 Å². The Balaban J connectivity index is 1.41. The van der Waals surface area contributed by atoms with Gasteiger partial charge in [-0.25, -0.2) is 4.79 Å². The van der Waals surface area contributed by atoms with Gasteiger partial charge in [0.1, 0.15) is 16.9 Å². The number of carbonyl (C=O) groups is 1. The molecule has 9 heteroatoms. The fraction of sp³-hybridized carbons (Fsp3) is 0.750. The summed E-state index contributed by atoms with van der Waals surface area (Å²) in [5.74, 6) is 1.06. The Labute approximate surface area is 225 Å². The van der Waals surface area contributed by atoms with Crippen molar-refractivity contribution in [2.24, 2.45) is 17.3 Å². The lowest BCUT2D eigenvalue weighted by Crippen LogP contribution is -2.65. The zero-order valence-electron chi connectivity index (χ0n) is 23.1. The minimum Gasteiger partial charge on any atom is -0.496 e. The summed E-state index contributed by atoms with van der Waals surface area (Å²) in [4.78, 5) is 13.4. The zero-order valence-corrected chi connectivity index (χ0v) is 23.9. The van der Waals surface area contributed by atoms with Gasteiger partial charge in [-0.3, -0.25) is 0 Å². The van der Waals surface area contributed by atoms with Crippen molar-refractivity contribution in [1.29, 1.82) is 0 Å². The molecule has 2 saturated heterocycles. The summed E-state index contributed by atoms with van der Waals surface area (Å²) in [6.45, 7) is 13.5. The molecule has 1 aromatic carbocycles. The van der Waals surface area contributed by atoms with Crippen LogP contribution in [0.4, 0.5) is 0 Å². The van der Waals surface area contributed by atoms with E-state index < -0.39 is 30.3 Å². The van der Waals surface area contributed by atoms with E-state index in [9.17, 15) is 4.79 Å². The van der Waals surface area contributed by atoms with Crippen LogP contribution in [0.5, 0.6) is 5.75 Å². The van der Waals surface area contributed by atoms with Crippen molar-refractivity contribution in [2.75, 3.05) is 20.3 Å². The average molecular weight is 535 g/mol. The Morgan fingerprint density at radius 3 is 2.51 bits per heavy atom. The van der Waals surface area contributed by atoms with Crippen LogP contribution in [0.25, 0.3) is 0 Å². The molecule has 0 amide bonds. The van der Waals surface area contributed by atoms with Gasteiger partial charge in [-0.1, -0.05) is 26.0 Å². The van der Waals surface area contributed by atoms with Crippen LogP contribution < -0.4 is 4.74 Å².